The fourth-order valence-corrected chi connectivity index (χ4v) is 10.5. The summed E-state index contributed by atoms with van der Waals surface area (Å²) >= 11 is 4.81. The van der Waals surface area contributed by atoms with Crippen molar-refractivity contribution in [2.45, 2.75) is 31.1 Å². The molecule has 0 saturated heterocycles. The Balaban J connectivity index is 0.000000389. The van der Waals surface area contributed by atoms with Crippen LogP contribution in [0.15, 0.2) is 132 Å². The molecular formula is C35H30N4PtSSi. The van der Waals surface area contributed by atoms with E-state index in [1.165, 1.54) is 21.5 Å². The maximum Gasteiger partial charge on any atom is 2.00 e. The van der Waals surface area contributed by atoms with Crippen LogP contribution in [0.4, 0.5) is 0 Å². The van der Waals surface area contributed by atoms with Gasteiger partial charge in [0.05, 0.1) is 0 Å². The monoisotopic (exact) mass is 761 g/mol. The van der Waals surface area contributed by atoms with Gasteiger partial charge in [-0.1, -0.05) is 124 Å². The molecule has 3 aromatic heterocycles. The minimum atomic E-state index is -2.69. The van der Waals surface area contributed by atoms with Gasteiger partial charge in [0.1, 0.15) is 0 Å². The van der Waals surface area contributed by atoms with Crippen LogP contribution in [0, 0.1) is 0 Å². The second kappa shape index (κ2) is 12.3. The van der Waals surface area contributed by atoms with E-state index in [1.807, 2.05) is 48.7 Å². The minimum Gasteiger partial charge on any atom is -0.780 e. The van der Waals surface area contributed by atoms with Crippen molar-refractivity contribution in [1.82, 2.24) is 20.2 Å². The summed E-state index contributed by atoms with van der Waals surface area (Å²) in [4.78, 5) is 11.1. The van der Waals surface area contributed by atoms with Crippen molar-refractivity contribution in [2.75, 3.05) is 0 Å². The van der Waals surface area contributed by atoms with E-state index in [0.29, 0.717) is 0 Å². The third-order valence-corrected chi connectivity index (χ3v) is 12.3. The fraction of sp³-hybridized carbons (Fsp3) is 0.114. The topological polar surface area (TPSA) is 52.8 Å². The molecule has 0 amide bonds. The zero-order chi connectivity index (χ0) is 28.5. The van der Waals surface area contributed by atoms with Crippen molar-refractivity contribution in [3.8, 4) is 22.5 Å². The van der Waals surface area contributed by atoms with Gasteiger partial charge in [-0.15, -0.1) is 0 Å². The van der Waals surface area contributed by atoms with E-state index in [0.717, 1.165) is 32.6 Å². The predicted molar refractivity (Wildman–Crippen MR) is 172 cm³/mol. The van der Waals surface area contributed by atoms with Gasteiger partial charge in [0, 0.05) is 33.6 Å². The Morgan fingerprint density at radius 1 is 0.667 bits per heavy atom. The molecule has 0 unspecified atom stereocenters. The third-order valence-electron chi connectivity index (χ3n) is 7.45. The van der Waals surface area contributed by atoms with Gasteiger partial charge in [-0.25, -0.2) is 0 Å². The first-order chi connectivity index (χ1) is 19.9. The molecule has 0 fully saturated rings. The average Bonchev–Trinajstić information content (AvgIpc) is 3.62. The van der Waals surface area contributed by atoms with E-state index in [4.69, 9.17) is 22.6 Å². The van der Waals surface area contributed by atoms with Gasteiger partial charge >= 0.3 is 21.1 Å². The molecule has 210 valence electrons. The molecule has 1 aliphatic rings. The number of benzene rings is 3. The van der Waals surface area contributed by atoms with Gasteiger partial charge in [-0.3, -0.25) is 9.97 Å². The zero-order valence-corrected chi connectivity index (χ0v) is 27.7. The Hall–Kier alpha value is -3.70. The van der Waals surface area contributed by atoms with Crippen LogP contribution >= 0.6 is 0 Å². The van der Waals surface area contributed by atoms with E-state index in [9.17, 15) is 0 Å². The molecule has 0 radical (unpaired) electrons. The van der Waals surface area contributed by atoms with Gasteiger partial charge in [-0.2, -0.15) is 4.90 Å². The molecule has 0 bridgehead atoms. The Labute approximate surface area is 268 Å². The van der Waals surface area contributed by atoms with E-state index in [2.05, 4.69) is 110 Å². The second-order valence-electron chi connectivity index (χ2n) is 11.1. The normalized spacial score (nSPS) is 12.7. The van der Waals surface area contributed by atoms with Gasteiger partial charge in [0.25, 0.3) is 0 Å². The van der Waals surface area contributed by atoms with Crippen LogP contribution in [0.5, 0.6) is 0 Å². The summed E-state index contributed by atoms with van der Waals surface area (Å²) in [6, 6.07) is 41.7. The number of rotatable bonds is 3. The van der Waals surface area contributed by atoms with Gasteiger partial charge < -0.3 is 22.8 Å². The van der Waals surface area contributed by atoms with Crippen molar-refractivity contribution < 1.29 is 21.1 Å². The molecule has 1 aliphatic heterocycles. The molecule has 42 heavy (non-hydrogen) atoms. The molecule has 7 rings (SSSR count). The number of aromatic nitrogens is 4. The smallest absolute Gasteiger partial charge is 0.780 e. The van der Waals surface area contributed by atoms with Crippen LogP contribution in [0.1, 0.15) is 26.5 Å². The number of hydrogen-bond donors (Lipinski definition) is 0. The Kier molecular flexibility index (Phi) is 8.69. The van der Waals surface area contributed by atoms with Crippen molar-refractivity contribution in [3.63, 3.8) is 0 Å². The van der Waals surface area contributed by atoms with E-state index < -0.39 is 8.07 Å². The van der Waals surface area contributed by atoms with Crippen molar-refractivity contribution in [3.05, 3.63) is 133 Å². The first-order valence-electron chi connectivity index (χ1n) is 13.7. The number of fused-ring (bicyclic) bond motifs is 3. The van der Waals surface area contributed by atoms with Crippen LogP contribution in [0.25, 0.3) is 22.5 Å². The first-order valence-corrected chi connectivity index (χ1v) is 16.1. The summed E-state index contributed by atoms with van der Waals surface area (Å²) in [6.07, 6.45) is 1.90. The summed E-state index contributed by atoms with van der Waals surface area (Å²) in [5.41, 5.74) is 5.15. The quantitative estimate of drug-likeness (QED) is 0.193. The molecular weight excluding hydrogens is 732 g/mol. The maximum atomic E-state index is 5.29. The summed E-state index contributed by atoms with van der Waals surface area (Å²) in [7, 11) is -2.69. The molecule has 0 atom stereocenters. The average molecular weight is 762 g/mol. The zero-order valence-electron chi connectivity index (χ0n) is 23.6. The molecule has 0 spiro atoms. The Morgan fingerprint density at radius 3 is 1.81 bits per heavy atom. The molecule has 4 nitrogen and oxygen atoms in total. The number of hydrogen-bond acceptors (Lipinski definition) is 4. The van der Waals surface area contributed by atoms with Gasteiger partial charge in [-0.05, 0) is 45.8 Å². The van der Waals surface area contributed by atoms with Crippen LogP contribution in [0.2, 0.25) is 0 Å². The van der Waals surface area contributed by atoms with E-state index in [-0.39, 0.29) is 26.5 Å². The van der Waals surface area contributed by atoms with E-state index in [1.54, 1.807) is 0 Å². The summed E-state index contributed by atoms with van der Waals surface area (Å²) < 4.78 is 0. The maximum absolute atomic E-state index is 5.29. The van der Waals surface area contributed by atoms with Crippen LogP contribution in [0.3, 0.4) is 0 Å². The summed E-state index contributed by atoms with van der Waals surface area (Å²) in [5, 5.41) is 13.8. The molecule has 0 N–H and O–H groups in total. The molecule has 0 aliphatic carbocycles. The SMILES string of the molecule is CC(C)(C)c1cc(-c2cccc([Si]3(c4ccccn4)c4ccccc4-c4ccccc43)n2)[n-]n1.[Pt+2].[S-]c1ccccc1. The van der Waals surface area contributed by atoms with E-state index >= 15 is 0 Å². The standard InChI is InChI=1S/C29H25N4Si.C6H6S.Pt/c1-29(2,3)26-19-23(32-33-26)22-13-10-17-28(31-22)34(27-16-8-9-18-30-27)24-14-6-4-11-20(24)21-12-5-7-15-25(21)34;7-6-4-2-1-3-5-6;/h4-19H,1-3H3;1-5,7H;/q-1;;+2/p-1. The number of nitrogens with zero attached hydrogens (tertiary/aromatic N) is 4. The van der Waals surface area contributed by atoms with Gasteiger partial charge in [0.2, 0.25) is 8.07 Å². The molecule has 6 aromatic rings. The minimum absolute atomic E-state index is 0. The summed E-state index contributed by atoms with van der Waals surface area (Å²) in [5.74, 6) is 0. The molecule has 0 saturated carbocycles. The Bertz CT molecular complexity index is 1750. The molecule has 7 heteroatoms. The van der Waals surface area contributed by atoms with Crippen LogP contribution in [-0.2, 0) is 39.1 Å². The van der Waals surface area contributed by atoms with Crippen molar-refractivity contribution >= 4 is 41.7 Å². The number of pyridine rings is 2. The van der Waals surface area contributed by atoms with Crippen LogP contribution in [-0.4, -0.2) is 23.1 Å². The summed E-state index contributed by atoms with van der Waals surface area (Å²) in [6.45, 7) is 6.46. The largest absolute Gasteiger partial charge is 2.00 e. The van der Waals surface area contributed by atoms with Gasteiger partial charge in [0.15, 0.2) is 0 Å². The third kappa shape index (κ3) is 5.42. The van der Waals surface area contributed by atoms with Crippen molar-refractivity contribution in [1.29, 1.82) is 0 Å². The van der Waals surface area contributed by atoms with Crippen LogP contribution < -0.4 is 26.1 Å². The molecule has 3 aromatic carbocycles. The second-order valence-corrected chi connectivity index (χ2v) is 15.2. The Morgan fingerprint density at radius 2 is 1.26 bits per heavy atom. The first kappa shape index (κ1) is 29.8. The fourth-order valence-electron chi connectivity index (χ4n) is 5.50. The molecule has 4 heterocycles. The van der Waals surface area contributed by atoms with Crippen molar-refractivity contribution in [2.24, 2.45) is 0 Å². The predicted octanol–water partition coefficient (Wildman–Crippen LogP) is 4.74.